The number of ether oxygens (including phenoxy) is 2. The molecule has 0 radical (unpaired) electrons. The third kappa shape index (κ3) is 5.15. The van der Waals surface area contributed by atoms with Gasteiger partial charge in [0.05, 0.1) is 23.5 Å². The third-order valence-corrected chi connectivity index (χ3v) is 8.30. The lowest BCUT2D eigenvalue weighted by molar-refractivity contribution is -0.151. The Hall–Kier alpha value is -3.06. The van der Waals surface area contributed by atoms with Crippen LogP contribution in [0.25, 0.3) is 0 Å². The number of sulfonamides is 1. The summed E-state index contributed by atoms with van der Waals surface area (Å²) in [4.78, 5) is 24.1. The van der Waals surface area contributed by atoms with E-state index in [1.54, 1.807) is 5.48 Å². The van der Waals surface area contributed by atoms with Gasteiger partial charge in [-0.15, -0.1) is 0 Å². The van der Waals surface area contributed by atoms with Gasteiger partial charge in [0.1, 0.15) is 22.9 Å². The Morgan fingerprint density at radius 3 is 2.11 bits per heavy atom. The first kappa shape index (κ1) is 25.0. The number of hydroxylamine groups is 1. The summed E-state index contributed by atoms with van der Waals surface area (Å²) in [7, 11) is -4.39. The number of benzene rings is 2. The monoisotopic (exact) mass is 508 g/mol. The van der Waals surface area contributed by atoms with Crippen LogP contribution in [0.1, 0.15) is 32.1 Å². The summed E-state index contributed by atoms with van der Waals surface area (Å²) in [6, 6.07) is 10.6. The minimum atomic E-state index is -4.39. The number of rotatable bonds is 9. The zero-order valence-electron chi connectivity index (χ0n) is 18.6. The fraction of sp³-hybridized carbons (Fsp3) is 0.391. The van der Waals surface area contributed by atoms with Gasteiger partial charge in [0.2, 0.25) is 10.0 Å². The third-order valence-electron chi connectivity index (χ3n) is 6.32. The summed E-state index contributed by atoms with van der Waals surface area (Å²) in [5.74, 6) is -1.95. The van der Waals surface area contributed by atoms with Crippen molar-refractivity contribution in [1.29, 1.82) is 0 Å². The lowest BCUT2D eigenvalue weighted by Crippen LogP contribution is -2.64. The maximum absolute atomic E-state index is 13.8. The first-order valence-electron chi connectivity index (χ1n) is 11.0. The van der Waals surface area contributed by atoms with Crippen molar-refractivity contribution in [1.82, 2.24) is 9.79 Å². The van der Waals surface area contributed by atoms with E-state index in [9.17, 15) is 32.7 Å². The average molecular weight is 509 g/mol. The molecular formula is C23H25FN2O8S. The minimum Gasteiger partial charge on any atom is -0.481 e. The van der Waals surface area contributed by atoms with Crippen LogP contribution >= 0.6 is 0 Å². The van der Waals surface area contributed by atoms with Crippen molar-refractivity contribution in [2.45, 2.75) is 54.7 Å². The summed E-state index contributed by atoms with van der Waals surface area (Å²) in [6.45, 7) is -0.474. The van der Waals surface area contributed by atoms with E-state index in [1.807, 2.05) is 0 Å². The Labute approximate surface area is 201 Å². The number of nitrogens with zero attached hydrogens (tertiary/aromatic N) is 1. The quantitative estimate of drug-likeness (QED) is 0.347. The van der Waals surface area contributed by atoms with Crippen molar-refractivity contribution < 1.29 is 42.2 Å². The number of carboxylic acid groups (broad SMARTS) is 1. The van der Waals surface area contributed by atoms with Gasteiger partial charge in [-0.05, 0) is 61.4 Å². The van der Waals surface area contributed by atoms with Gasteiger partial charge >= 0.3 is 5.97 Å². The second-order valence-corrected chi connectivity index (χ2v) is 10.4. The average Bonchev–Trinajstić information content (AvgIpc) is 3.18. The number of nitrogens with one attached hydrogen (secondary N) is 1. The van der Waals surface area contributed by atoms with E-state index in [1.165, 1.54) is 48.5 Å². The number of aliphatic carboxylic acids is 1. The molecule has 3 atom stereocenters. The fourth-order valence-corrected chi connectivity index (χ4v) is 6.49. The first-order chi connectivity index (χ1) is 16.6. The molecule has 2 aliphatic rings. The Kier molecular flexibility index (Phi) is 7.08. The minimum absolute atomic E-state index is 0.0134. The summed E-state index contributed by atoms with van der Waals surface area (Å²) in [5.41, 5.74) is -0.130. The Morgan fingerprint density at radius 1 is 1.06 bits per heavy atom. The van der Waals surface area contributed by atoms with Crippen molar-refractivity contribution in [2.75, 3.05) is 6.54 Å². The van der Waals surface area contributed by atoms with Crippen molar-refractivity contribution >= 4 is 21.9 Å². The number of fused-ring (bicyclic) bond motifs is 2. The van der Waals surface area contributed by atoms with Crippen LogP contribution in [0.2, 0.25) is 0 Å². The van der Waals surface area contributed by atoms with Gasteiger partial charge < -0.3 is 14.6 Å². The van der Waals surface area contributed by atoms with Gasteiger partial charge in [0.15, 0.2) is 0 Å². The zero-order chi connectivity index (χ0) is 25.2. The topological polar surface area (TPSA) is 142 Å². The number of hydrogen-bond donors (Lipinski definition) is 3. The molecule has 2 bridgehead atoms. The van der Waals surface area contributed by atoms with Crippen LogP contribution in [-0.2, 0) is 24.3 Å². The van der Waals surface area contributed by atoms with E-state index < -0.39 is 46.2 Å². The maximum atomic E-state index is 13.8. The van der Waals surface area contributed by atoms with Crippen LogP contribution in [0.4, 0.5) is 4.39 Å². The standard InChI is InChI=1S/C23H25FN2O8S/c24-15-1-3-16(4-2-15)33-17-7-9-20(10-8-17)35(31,32)26(12-11-21(27)28)23(22(29)25-30)13-18-5-6-19(14-23)34-18/h1-4,7-10,18-19,30H,5-6,11-14H2,(H,25,29)(H,27,28)/t18-,19+,23-. The molecule has 2 saturated heterocycles. The number of hydrogen-bond acceptors (Lipinski definition) is 7. The molecule has 188 valence electrons. The molecule has 3 N–H and O–H groups in total. The number of carbonyl (C=O) groups excluding carboxylic acids is 1. The number of amides is 1. The van der Waals surface area contributed by atoms with E-state index in [2.05, 4.69) is 0 Å². The number of carboxylic acids is 1. The van der Waals surface area contributed by atoms with E-state index in [-0.39, 0.29) is 29.9 Å². The first-order valence-corrected chi connectivity index (χ1v) is 12.5. The van der Waals surface area contributed by atoms with Crippen LogP contribution in [-0.4, -0.2) is 59.2 Å². The SMILES string of the molecule is O=C(O)CCN([C@]1(C(=O)NO)C[C@H]2CC[C@@H](C1)O2)S(=O)(=O)c1ccc(Oc2ccc(F)cc2)cc1. The normalized spacial score (nSPS) is 23.7. The van der Waals surface area contributed by atoms with E-state index in [0.29, 0.717) is 24.3 Å². The van der Waals surface area contributed by atoms with E-state index in [0.717, 1.165) is 4.31 Å². The molecule has 2 fully saturated rings. The highest BCUT2D eigenvalue weighted by Gasteiger charge is 2.56. The molecule has 0 aromatic heterocycles. The lowest BCUT2D eigenvalue weighted by Gasteiger charge is -2.45. The van der Waals surface area contributed by atoms with Crippen molar-refractivity contribution in [2.24, 2.45) is 0 Å². The molecule has 10 nitrogen and oxygen atoms in total. The molecular weight excluding hydrogens is 483 g/mol. The molecule has 0 unspecified atom stereocenters. The molecule has 1 amide bonds. The molecule has 2 aromatic rings. The summed E-state index contributed by atoms with van der Waals surface area (Å²) < 4.78 is 52.9. The van der Waals surface area contributed by atoms with Crippen LogP contribution in [0, 0.1) is 5.82 Å². The second kappa shape index (κ2) is 9.90. The smallest absolute Gasteiger partial charge is 0.304 e. The van der Waals surface area contributed by atoms with Crippen molar-refractivity contribution in [3.05, 3.63) is 54.3 Å². The summed E-state index contributed by atoms with van der Waals surface area (Å²) in [6.07, 6.45) is -0.0799. The predicted octanol–water partition coefficient (Wildman–Crippen LogP) is 2.67. The molecule has 35 heavy (non-hydrogen) atoms. The van der Waals surface area contributed by atoms with Gasteiger partial charge in [0, 0.05) is 19.4 Å². The van der Waals surface area contributed by atoms with E-state index in [4.69, 9.17) is 9.47 Å². The molecule has 4 rings (SSSR count). The van der Waals surface area contributed by atoms with Gasteiger partial charge in [-0.2, -0.15) is 4.31 Å². The number of halogens is 1. The summed E-state index contributed by atoms with van der Waals surface area (Å²) >= 11 is 0. The van der Waals surface area contributed by atoms with E-state index >= 15 is 0 Å². The Bertz CT molecular complexity index is 1180. The van der Waals surface area contributed by atoms with Crippen LogP contribution in [0.5, 0.6) is 11.5 Å². The summed E-state index contributed by atoms with van der Waals surface area (Å²) in [5, 5.41) is 18.7. The molecule has 2 aliphatic heterocycles. The van der Waals surface area contributed by atoms with Gasteiger partial charge in [-0.1, -0.05) is 0 Å². The highest BCUT2D eigenvalue weighted by molar-refractivity contribution is 7.89. The molecule has 2 heterocycles. The van der Waals surface area contributed by atoms with Crippen LogP contribution in [0.3, 0.4) is 0 Å². The van der Waals surface area contributed by atoms with Gasteiger partial charge in [-0.25, -0.2) is 18.3 Å². The molecule has 0 aliphatic carbocycles. The van der Waals surface area contributed by atoms with Crippen molar-refractivity contribution in [3.63, 3.8) is 0 Å². The highest BCUT2D eigenvalue weighted by atomic mass is 32.2. The Balaban J connectivity index is 1.67. The molecule has 2 aromatic carbocycles. The largest absolute Gasteiger partial charge is 0.481 e. The zero-order valence-corrected chi connectivity index (χ0v) is 19.4. The maximum Gasteiger partial charge on any atom is 0.304 e. The highest BCUT2D eigenvalue weighted by Crippen LogP contribution is 2.44. The molecule has 0 saturated carbocycles. The lowest BCUT2D eigenvalue weighted by atomic mass is 9.85. The molecule has 12 heteroatoms. The van der Waals surface area contributed by atoms with Crippen LogP contribution in [0.15, 0.2) is 53.4 Å². The fourth-order valence-electron chi connectivity index (χ4n) is 4.73. The van der Waals surface area contributed by atoms with Gasteiger partial charge in [-0.3, -0.25) is 14.8 Å². The predicted molar refractivity (Wildman–Crippen MR) is 119 cm³/mol. The van der Waals surface area contributed by atoms with Crippen molar-refractivity contribution in [3.8, 4) is 11.5 Å². The van der Waals surface area contributed by atoms with Crippen LogP contribution < -0.4 is 10.2 Å². The number of carbonyl (C=O) groups is 2. The van der Waals surface area contributed by atoms with Gasteiger partial charge in [0.25, 0.3) is 5.91 Å². The molecule has 0 spiro atoms. The second-order valence-electron chi connectivity index (χ2n) is 8.59. The Morgan fingerprint density at radius 2 is 1.60 bits per heavy atom.